The van der Waals surface area contributed by atoms with E-state index in [4.69, 9.17) is 14.2 Å². The molecular weight excluding hydrogens is 522 g/mol. The van der Waals surface area contributed by atoms with E-state index in [1.807, 2.05) is 37.8 Å². The van der Waals surface area contributed by atoms with Gasteiger partial charge in [-0.25, -0.2) is 4.79 Å². The lowest BCUT2D eigenvalue weighted by molar-refractivity contribution is -0.149. The van der Waals surface area contributed by atoms with E-state index in [-0.39, 0.29) is 36.7 Å². The Morgan fingerprint density at radius 2 is 1.82 bits per heavy atom. The fraction of sp³-hybridized carbons (Fsp3) is 0.636. The molecule has 2 aromatic rings. The van der Waals surface area contributed by atoms with Crippen LogP contribution in [0.1, 0.15) is 118 Å². The van der Waals surface area contributed by atoms with Gasteiger partial charge in [-0.15, -0.1) is 11.3 Å². The van der Waals surface area contributed by atoms with Crippen molar-refractivity contribution in [2.75, 3.05) is 11.5 Å². The minimum Gasteiger partial charge on any atom is -0.459 e. The summed E-state index contributed by atoms with van der Waals surface area (Å²) in [5, 5.41) is 0. The Morgan fingerprint density at radius 1 is 1.07 bits per heavy atom. The highest BCUT2D eigenvalue weighted by Gasteiger charge is 2.41. The molecule has 220 valence electrons. The molecule has 2 aliphatic heterocycles. The Balaban J connectivity index is 1.25. The van der Waals surface area contributed by atoms with Crippen molar-refractivity contribution in [2.45, 2.75) is 129 Å². The molecule has 6 nitrogen and oxygen atoms in total. The van der Waals surface area contributed by atoms with Gasteiger partial charge in [-0.3, -0.25) is 4.79 Å². The van der Waals surface area contributed by atoms with Gasteiger partial charge in [0.1, 0.15) is 17.6 Å². The highest BCUT2D eigenvalue weighted by molar-refractivity contribution is 7.13. The average Bonchev–Trinajstić information content (AvgIpc) is 3.64. The second-order valence-corrected chi connectivity index (χ2v) is 13.0. The number of carbonyl (C=O) groups is 2. The van der Waals surface area contributed by atoms with Gasteiger partial charge in [0.25, 0.3) is 0 Å². The molecule has 0 spiro atoms. The van der Waals surface area contributed by atoms with E-state index in [0.717, 1.165) is 42.7 Å². The number of nitrogens with zero attached hydrogens (tertiary/aromatic N) is 1. The summed E-state index contributed by atoms with van der Waals surface area (Å²) in [6, 6.07) is 12.8. The van der Waals surface area contributed by atoms with E-state index in [1.165, 1.54) is 42.6 Å². The molecule has 0 bridgehead atoms. The van der Waals surface area contributed by atoms with Gasteiger partial charge in [0.05, 0.1) is 6.10 Å². The molecular formula is C33H47NO5S. The largest absolute Gasteiger partial charge is 0.459 e. The quantitative estimate of drug-likeness (QED) is 0.170. The van der Waals surface area contributed by atoms with Gasteiger partial charge in [-0.1, -0.05) is 52.2 Å². The maximum Gasteiger partial charge on any atom is 0.348 e. The zero-order valence-electron chi connectivity index (χ0n) is 24.9. The number of aryl methyl sites for hydroxylation is 1. The fourth-order valence-electron chi connectivity index (χ4n) is 5.96. The predicted octanol–water partition coefficient (Wildman–Crippen LogP) is 8.04. The summed E-state index contributed by atoms with van der Waals surface area (Å²) in [7, 11) is 0. The zero-order valence-corrected chi connectivity index (χ0v) is 25.8. The Hall–Kier alpha value is -2.22. The molecule has 7 heteroatoms. The first kappa shape index (κ1) is 30.7. The first-order valence-corrected chi connectivity index (χ1v) is 16.1. The SMILES string of the molecule is CCCCC[C@H](C)c1ccc(N2C(=O)CC[C@@H]2CCCc2ccc(C(=O)OC[C@H]3OC(C)(C)O[C@@H]3CC)s2)cc1. The molecule has 4 atom stereocenters. The van der Waals surface area contributed by atoms with Crippen LogP contribution in [0.2, 0.25) is 0 Å². The number of hydrogen-bond donors (Lipinski definition) is 0. The summed E-state index contributed by atoms with van der Waals surface area (Å²) in [6.45, 7) is 10.5. The molecule has 4 rings (SSSR count). The third-order valence-corrected chi connectivity index (χ3v) is 9.32. The molecule has 0 saturated carbocycles. The number of carbonyl (C=O) groups excluding carboxylic acids is 2. The highest BCUT2D eigenvalue weighted by Crippen LogP contribution is 2.33. The minimum absolute atomic E-state index is 0.0687. The first-order chi connectivity index (χ1) is 19.2. The number of thiophene rings is 1. The van der Waals surface area contributed by atoms with Gasteiger partial charge in [0.15, 0.2) is 5.79 Å². The molecule has 2 aliphatic rings. The normalized spacial score (nSPS) is 23.1. The van der Waals surface area contributed by atoms with Gasteiger partial charge in [0.2, 0.25) is 5.91 Å². The molecule has 1 amide bonds. The van der Waals surface area contributed by atoms with E-state index in [0.29, 0.717) is 17.2 Å². The van der Waals surface area contributed by atoms with Crippen LogP contribution in [0.15, 0.2) is 36.4 Å². The minimum atomic E-state index is -0.650. The van der Waals surface area contributed by atoms with Gasteiger partial charge < -0.3 is 19.1 Å². The third kappa shape index (κ3) is 7.95. The van der Waals surface area contributed by atoms with Crippen molar-refractivity contribution in [3.8, 4) is 0 Å². The molecule has 40 heavy (non-hydrogen) atoms. The van der Waals surface area contributed by atoms with Crippen LogP contribution < -0.4 is 4.90 Å². The second-order valence-electron chi connectivity index (χ2n) is 11.8. The number of benzene rings is 1. The van der Waals surface area contributed by atoms with Crippen LogP contribution in [0.3, 0.4) is 0 Å². The first-order valence-electron chi connectivity index (χ1n) is 15.2. The average molecular weight is 570 g/mol. The molecule has 0 radical (unpaired) electrons. The van der Waals surface area contributed by atoms with Crippen LogP contribution in [-0.2, 0) is 25.4 Å². The summed E-state index contributed by atoms with van der Waals surface area (Å²) in [5.41, 5.74) is 2.37. The van der Waals surface area contributed by atoms with Crippen LogP contribution >= 0.6 is 11.3 Å². The number of anilines is 1. The van der Waals surface area contributed by atoms with Gasteiger partial charge in [-0.05, 0) is 88.1 Å². The zero-order chi connectivity index (χ0) is 28.7. The maximum absolute atomic E-state index is 12.8. The van der Waals surface area contributed by atoms with E-state index in [9.17, 15) is 9.59 Å². The van der Waals surface area contributed by atoms with Crippen molar-refractivity contribution in [3.63, 3.8) is 0 Å². The highest BCUT2D eigenvalue weighted by atomic mass is 32.1. The van der Waals surface area contributed by atoms with E-state index in [2.05, 4.69) is 38.1 Å². The van der Waals surface area contributed by atoms with Crippen molar-refractivity contribution >= 4 is 28.9 Å². The number of rotatable bonds is 14. The Bertz CT molecular complexity index is 1110. The van der Waals surface area contributed by atoms with Crippen LogP contribution in [0.4, 0.5) is 5.69 Å². The number of amides is 1. The topological polar surface area (TPSA) is 65.1 Å². The monoisotopic (exact) mass is 569 g/mol. The third-order valence-electron chi connectivity index (χ3n) is 8.20. The predicted molar refractivity (Wildman–Crippen MR) is 161 cm³/mol. The van der Waals surface area contributed by atoms with Crippen LogP contribution in [-0.4, -0.2) is 42.5 Å². The molecule has 0 aliphatic carbocycles. The molecule has 3 heterocycles. The maximum atomic E-state index is 12.8. The van der Waals surface area contributed by atoms with E-state index >= 15 is 0 Å². The number of unbranched alkanes of at least 4 members (excludes halogenated alkanes) is 2. The van der Waals surface area contributed by atoms with Crippen LogP contribution in [0.5, 0.6) is 0 Å². The molecule has 1 aromatic carbocycles. The summed E-state index contributed by atoms with van der Waals surface area (Å²) < 4.78 is 17.4. The van der Waals surface area contributed by atoms with Crippen LogP contribution in [0.25, 0.3) is 0 Å². The molecule has 2 fully saturated rings. The number of ether oxygens (including phenoxy) is 3. The van der Waals surface area contributed by atoms with Crippen molar-refractivity contribution < 1.29 is 23.8 Å². The number of hydrogen-bond acceptors (Lipinski definition) is 6. The van der Waals surface area contributed by atoms with E-state index in [1.54, 1.807) is 0 Å². The van der Waals surface area contributed by atoms with Gasteiger partial charge >= 0.3 is 5.97 Å². The Kier molecular flexibility index (Phi) is 10.8. The second kappa shape index (κ2) is 14.1. The van der Waals surface area contributed by atoms with Crippen molar-refractivity contribution in [1.82, 2.24) is 0 Å². The molecule has 0 unspecified atom stereocenters. The summed E-state index contributed by atoms with van der Waals surface area (Å²) >= 11 is 1.49. The molecule has 2 saturated heterocycles. The summed E-state index contributed by atoms with van der Waals surface area (Å²) in [4.78, 5) is 29.2. The van der Waals surface area contributed by atoms with Crippen molar-refractivity contribution in [2.24, 2.45) is 0 Å². The standard InChI is InChI=1S/C33H47NO5S/c1-6-8-9-11-23(3)24-14-16-26(17-15-24)34-25(18-21-31(34)35)12-10-13-27-19-20-30(40-27)32(36)37-22-29-28(7-2)38-33(4,5)39-29/h14-17,19-20,23,25,28-29H,6-13,18,21-22H2,1-5H3/t23-,25-,28+,29+/m0/s1. The van der Waals surface area contributed by atoms with Crippen LogP contribution in [0, 0.1) is 0 Å². The summed E-state index contributed by atoms with van der Waals surface area (Å²) in [5.74, 6) is -0.192. The van der Waals surface area contributed by atoms with Crippen molar-refractivity contribution in [3.05, 3.63) is 51.7 Å². The number of esters is 1. The fourth-order valence-corrected chi connectivity index (χ4v) is 6.90. The van der Waals surface area contributed by atoms with Gasteiger partial charge in [0, 0.05) is 23.0 Å². The Morgan fingerprint density at radius 3 is 2.55 bits per heavy atom. The Labute approximate surface area is 244 Å². The molecule has 0 N–H and O–H groups in total. The van der Waals surface area contributed by atoms with Crippen molar-refractivity contribution in [1.29, 1.82) is 0 Å². The molecule has 1 aromatic heterocycles. The summed E-state index contributed by atoms with van der Waals surface area (Å²) in [6.07, 6.45) is 9.82. The van der Waals surface area contributed by atoms with E-state index < -0.39 is 5.79 Å². The lowest BCUT2D eigenvalue weighted by Crippen LogP contribution is -2.32. The smallest absolute Gasteiger partial charge is 0.348 e. The lowest BCUT2D eigenvalue weighted by Gasteiger charge is -2.25. The lowest BCUT2D eigenvalue weighted by atomic mass is 9.95. The van der Waals surface area contributed by atoms with Gasteiger partial charge in [-0.2, -0.15) is 0 Å².